The minimum atomic E-state index is 0.382. The summed E-state index contributed by atoms with van der Waals surface area (Å²) in [6.45, 7) is 3.59. The Morgan fingerprint density at radius 2 is 2.30 bits per heavy atom. The molecular formula is C15H20N4O. The van der Waals surface area contributed by atoms with Crippen molar-refractivity contribution >= 4 is 0 Å². The van der Waals surface area contributed by atoms with Crippen molar-refractivity contribution in [2.24, 2.45) is 7.05 Å². The molecule has 0 spiro atoms. The van der Waals surface area contributed by atoms with Gasteiger partial charge in [-0.25, -0.2) is 0 Å². The van der Waals surface area contributed by atoms with Crippen LogP contribution in [0.2, 0.25) is 0 Å². The predicted octanol–water partition coefficient (Wildman–Crippen LogP) is 1.56. The molecule has 3 heterocycles. The lowest BCUT2D eigenvalue weighted by Crippen LogP contribution is -2.35. The van der Waals surface area contributed by atoms with Crippen LogP contribution in [0.3, 0.4) is 0 Å². The Kier molecular flexibility index (Phi) is 3.80. The second kappa shape index (κ2) is 5.73. The van der Waals surface area contributed by atoms with Crippen molar-refractivity contribution in [3.63, 3.8) is 0 Å². The van der Waals surface area contributed by atoms with Crippen LogP contribution in [0.15, 0.2) is 30.7 Å². The number of fused-ring (bicyclic) bond motifs is 1. The summed E-state index contributed by atoms with van der Waals surface area (Å²) in [6.07, 6.45) is 5.73. The van der Waals surface area contributed by atoms with Crippen LogP contribution in [0.5, 0.6) is 0 Å². The molecule has 0 N–H and O–H groups in total. The number of hydrogen-bond donors (Lipinski definition) is 0. The zero-order valence-corrected chi connectivity index (χ0v) is 12.0. The number of nitrogens with zero attached hydrogens (tertiary/aromatic N) is 4. The van der Waals surface area contributed by atoms with E-state index in [1.165, 1.54) is 16.8 Å². The summed E-state index contributed by atoms with van der Waals surface area (Å²) in [4.78, 5) is 6.62. The maximum absolute atomic E-state index is 5.38. The summed E-state index contributed by atoms with van der Waals surface area (Å²) in [5.74, 6) is 0.382. The molecule has 0 bridgehead atoms. The second-order valence-corrected chi connectivity index (χ2v) is 5.36. The fraction of sp³-hybridized carbons (Fsp3) is 0.467. The van der Waals surface area contributed by atoms with Crippen molar-refractivity contribution in [3.8, 4) is 0 Å². The monoisotopic (exact) mass is 272 g/mol. The Morgan fingerprint density at radius 3 is 3.05 bits per heavy atom. The molecule has 0 saturated heterocycles. The molecule has 106 valence electrons. The van der Waals surface area contributed by atoms with E-state index in [9.17, 15) is 0 Å². The van der Waals surface area contributed by atoms with E-state index in [0.29, 0.717) is 5.92 Å². The van der Waals surface area contributed by atoms with Crippen LogP contribution in [-0.2, 0) is 24.9 Å². The average molecular weight is 272 g/mol. The van der Waals surface area contributed by atoms with Gasteiger partial charge in [0.15, 0.2) is 0 Å². The van der Waals surface area contributed by atoms with E-state index in [1.807, 2.05) is 36.4 Å². The first kappa shape index (κ1) is 13.3. The van der Waals surface area contributed by atoms with Gasteiger partial charge >= 0.3 is 0 Å². The van der Waals surface area contributed by atoms with Crippen LogP contribution < -0.4 is 0 Å². The van der Waals surface area contributed by atoms with Crippen LogP contribution in [0.4, 0.5) is 0 Å². The summed E-state index contributed by atoms with van der Waals surface area (Å²) in [5, 5.41) is 4.39. The quantitative estimate of drug-likeness (QED) is 0.847. The Bertz CT molecular complexity index is 567. The van der Waals surface area contributed by atoms with E-state index in [1.54, 1.807) is 7.11 Å². The number of ether oxygens (including phenoxy) is 1. The van der Waals surface area contributed by atoms with Crippen molar-refractivity contribution in [1.29, 1.82) is 0 Å². The van der Waals surface area contributed by atoms with Gasteiger partial charge in [-0.15, -0.1) is 0 Å². The van der Waals surface area contributed by atoms with Gasteiger partial charge in [-0.2, -0.15) is 5.10 Å². The van der Waals surface area contributed by atoms with Gasteiger partial charge in [-0.3, -0.25) is 14.6 Å². The highest BCUT2D eigenvalue weighted by molar-refractivity contribution is 5.25. The zero-order valence-electron chi connectivity index (χ0n) is 12.0. The number of methoxy groups -OCH3 is 1. The lowest BCUT2D eigenvalue weighted by molar-refractivity contribution is 0.132. The van der Waals surface area contributed by atoms with Gasteiger partial charge in [0.25, 0.3) is 0 Å². The minimum absolute atomic E-state index is 0.382. The fourth-order valence-electron chi connectivity index (χ4n) is 3.05. The lowest BCUT2D eigenvalue weighted by atomic mass is 9.96. The van der Waals surface area contributed by atoms with E-state index in [2.05, 4.69) is 21.0 Å². The van der Waals surface area contributed by atoms with Crippen LogP contribution in [0.1, 0.15) is 22.7 Å². The molecule has 0 aromatic carbocycles. The summed E-state index contributed by atoms with van der Waals surface area (Å²) < 4.78 is 7.37. The molecule has 1 atom stereocenters. The van der Waals surface area contributed by atoms with Crippen LogP contribution >= 0.6 is 0 Å². The molecule has 2 aromatic heterocycles. The maximum atomic E-state index is 5.38. The summed E-state index contributed by atoms with van der Waals surface area (Å²) >= 11 is 0. The Morgan fingerprint density at radius 1 is 1.40 bits per heavy atom. The number of hydrogen-bond acceptors (Lipinski definition) is 4. The molecule has 0 saturated carbocycles. The minimum Gasteiger partial charge on any atom is -0.384 e. The Balaban J connectivity index is 1.79. The molecule has 1 aliphatic heterocycles. The number of aromatic nitrogens is 3. The molecule has 2 aromatic rings. The summed E-state index contributed by atoms with van der Waals surface area (Å²) in [5.41, 5.74) is 3.87. The largest absolute Gasteiger partial charge is 0.384 e. The van der Waals surface area contributed by atoms with Crippen molar-refractivity contribution in [2.45, 2.75) is 19.0 Å². The van der Waals surface area contributed by atoms with Crippen molar-refractivity contribution in [3.05, 3.63) is 47.5 Å². The number of rotatable bonds is 4. The van der Waals surface area contributed by atoms with Gasteiger partial charge in [-0.05, 0) is 11.6 Å². The molecule has 0 fully saturated rings. The Labute approximate surface area is 119 Å². The molecule has 3 rings (SSSR count). The van der Waals surface area contributed by atoms with E-state index in [0.717, 1.165) is 26.2 Å². The van der Waals surface area contributed by atoms with Gasteiger partial charge in [0.1, 0.15) is 0 Å². The predicted molar refractivity (Wildman–Crippen MR) is 76.2 cm³/mol. The van der Waals surface area contributed by atoms with E-state index >= 15 is 0 Å². The van der Waals surface area contributed by atoms with Crippen molar-refractivity contribution in [1.82, 2.24) is 19.7 Å². The van der Waals surface area contributed by atoms with Crippen LogP contribution in [0.25, 0.3) is 0 Å². The summed E-state index contributed by atoms with van der Waals surface area (Å²) in [7, 11) is 3.77. The standard InChI is InChI=1S/C15H20N4O/c1-18-15-13(7-17-18)9-19(10-14(15)11-20-2)8-12-4-3-5-16-6-12/h3-7,14H,8-11H2,1-2H3/t14-/m0/s1. The molecule has 0 radical (unpaired) electrons. The first-order valence-corrected chi connectivity index (χ1v) is 6.89. The topological polar surface area (TPSA) is 43.2 Å². The lowest BCUT2D eigenvalue weighted by Gasteiger charge is -2.32. The van der Waals surface area contributed by atoms with Gasteiger partial charge in [0, 0.05) is 63.4 Å². The summed E-state index contributed by atoms with van der Waals surface area (Å²) in [6, 6.07) is 4.11. The highest BCUT2D eigenvalue weighted by Gasteiger charge is 2.28. The molecule has 20 heavy (non-hydrogen) atoms. The smallest absolute Gasteiger partial charge is 0.0558 e. The molecule has 5 nitrogen and oxygen atoms in total. The van der Waals surface area contributed by atoms with Gasteiger partial charge in [0.05, 0.1) is 12.8 Å². The fourth-order valence-corrected chi connectivity index (χ4v) is 3.05. The van der Waals surface area contributed by atoms with Gasteiger partial charge in [-0.1, -0.05) is 6.07 Å². The SMILES string of the molecule is COC[C@@H]1CN(Cc2cccnc2)Cc2cnn(C)c21. The molecule has 0 amide bonds. The normalized spacial score (nSPS) is 19.0. The molecule has 0 unspecified atom stereocenters. The Hall–Kier alpha value is -1.72. The molecular weight excluding hydrogens is 252 g/mol. The van der Waals surface area contributed by atoms with Crippen molar-refractivity contribution < 1.29 is 4.74 Å². The van der Waals surface area contributed by atoms with E-state index < -0.39 is 0 Å². The first-order chi connectivity index (χ1) is 9.78. The van der Waals surface area contributed by atoms with E-state index in [4.69, 9.17) is 4.74 Å². The maximum Gasteiger partial charge on any atom is 0.0558 e. The first-order valence-electron chi connectivity index (χ1n) is 6.89. The molecule has 1 aliphatic rings. The molecule has 5 heteroatoms. The highest BCUT2D eigenvalue weighted by atomic mass is 16.5. The highest BCUT2D eigenvalue weighted by Crippen LogP contribution is 2.28. The number of aryl methyl sites for hydroxylation is 1. The van der Waals surface area contributed by atoms with Gasteiger partial charge in [0.2, 0.25) is 0 Å². The zero-order chi connectivity index (χ0) is 13.9. The third-order valence-electron chi connectivity index (χ3n) is 3.82. The third-order valence-corrected chi connectivity index (χ3v) is 3.82. The third kappa shape index (κ3) is 2.59. The van der Waals surface area contributed by atoms with E-state index in [-0.39, 0.29) is 0 Å². The number of pyridine rings is 1. The van der Waals surface area contributed by atoms with Crippen LogP contribution in [-0.4, -0.2) is 39.9 Å². The van der Waals surface area contributed by atoms with Gasteiger partial charge < -0.3 is 4.74 Å². The van der Waals surface area contributed by atoms with Crippen LogP contribution in [0, 0.1) is 0 Å². The molecule has 0 aliphatic carbocycles. The van der Waals surface area contributed by atoms with Crippen molar-refractivity contribution in [2.75, 3.05) is 20.3 Å². The average Bonchev–Trinajstić information content (AvgIpc) is 2.82. The second-order valence-electron chi connectivity index (χ2n) is 5.36.